The van der Waals surface area contributed by atoms with Gasteiger partial charge >= 0.3 is 6.36 Å². The Hall–Kier alpha value is -2.81. The first-order valence-corrected chi connectivity index (χ1v) is 6.19. The quantitative estimate of drug-likeness (QED) is 0.681. The van der Waals surface area contributed by atoms with Crippen LogP contribution in [0, 0.1) is 11.8 Å². The van der Waals surface area contributed by atoms with Gasteiger partial charge in [-0.25, -0.2) is 0 Å². The van der Waals surface area contributed by atoms with Gasteiger partial charge in [-0.1, -0.05) is 24.0 Å². The molecule has 0 aliphatic rings. The predicted molar refractivity (Wildman–Crippen MR) is 76.5 cm³/mol. The van der Waals surface area contributed by atoms with Gasteiger partial charge in [0, 0.05) is 11.6 Å². The van der Waals surface area contributed by atoms with Crippen molar-refractivity contribution in [1.82, 2.24) is 0 Å². The van der Waals surface area contributed by atoms with Crippen LogP contribution in [0.25, 0.3) is 0 Å². The predicted octanol–water partition coefficient (Wildman–Crippen LogP) is 3.58. The van der Waals surface area contributed by atoms with Crippen molar-refractivity contribution in [3.63, 3.8) is 0 Å². The van der Waals surface area contributed by atoms with Gasteiger partial charge in [0.05, 0.1) is 18.4 Å². The number of halogens is 3. The maximum Gasteiger partial charge on any atom is 0.573 e. The molecule has 0 heterocycles. The van der Waals surface area contributed by atoms with Gasteiger partial charge in [-0.15, -0.1) is 13.2 Å². The van der Waals surface area contributed by atoms with E-state index < -0.39 is 6.36 Å². The van der Waals surface area contributed by atoms with E-state index in [1.54, 1.807) is 24.3 Å². The summed E-state index contributed by atoms with van der Waals surface area (Å²) < 4.78 is 45.9. The first-order valence-electron chi connectivity index (χ1n) is 6.19. The minimum absolute atomic E-state index is 0.120. The minimum Gasteiger partial charge on any atom is -0.497 e. The molecule has 0 aliphatic carbocycles. The molecule has 0 radical (unpaired) electrons. The largest absolute Gasteiger partial charge is 0.573 e. The van der Waals surface area contributed by atoms with Gasteiger partial charge in [-0.2, -0.15) is 0 Å². The maximum atomic E-state index is 12.3. The molecule has 2 N–H and O–H groups in total. The molecule has 22 heavy (non-hydrogen) atoms. The molecule has 2 aromatic rings. The zero-order valence-corrected chi connectivity index (χ0v) is 11.6. The number of hydrogen-bond acceptors (Lipinski definition) is 3. The summed E-state index contributed by atoms with van der Waals surface area (Å²) in [6.07, 6.45) is -4.77. The average molecular weight is 307 g/mol. The molecule has 0 saturated heterocycles. The number of ether oxygens (including phenoxy) is 2. The Morgan fingerprint density at radius 3 is 2.32 bits per heavy atom. The van der Waals surface area contributed by atoms with E-state index in [1.165, 1.54) is 25.3 Å². The lowest BCUT2D eigenvalue weighted by Crippen LogP contribution is -2.17. The van der Waals surface area contributed by atoms with Crippen molar-refractivity contribution in [2.24, 2.45) is 0 Å². The summed E-state index contributed by atoms with van der Waals surface area (Å²) >= 11 is 0. The molecule has 3 nitrogen and oxygen atoms in total. The Kier molecular flexibility index (Phi) is 4.47. The molecule has 0 atom stereocenters. The SMILES string of the molecule is COc1ccc(C#Cc2ccccc2OC(F)(F)F)c(N)c1. The molecule has 0 saturated carbocycles. The van der Waals surface area contributed by atoms with Crippen molar-refractivity contribution < 1.29 is 22.6 Å². The van der Waals surface area contributed by atoms with Gasteiger partial charge in [0.15, 0.2) is 0 Å². The summed E-state index contributed by atoms with van der Waals surface area (Å²) in [5.74, 6) is 5.58. The van der Waals surface area contributed by atoms with E-state index >= 15 is 0 Å². The molecule has 0 amide bonds. The highest BCUT2D eigenvalue weighted by Gasteiger charge is 2.31. The fourth-order valence-corrected chi connectivity index (χ4v) is 1.70. The second-order valence-electron chi connectivity index (χ2n) is 4.25. The molecule has 2 aromatic carbocycles. The van der Waals surface area contributed by atoms with E-state index in [0.29, 0.717) is 17.0 Å². The van der Waals surface area contributed by atoms with Gasteiger partial charge in [0.25, 0.3) is 0 Å². The highest BCUT2D eigenvalue weighted by molar-refractivity contribution is 5.61. The maximum absolute atomic E-state index is 12.3. The van der Waals surface area contributed by atoms with Crippen LogP contribution in [0.5, 0.6) is 11.5 Å². The normalized spacial score (nSPS) is 10.5. The van der Waals surface area contributed by atoms with E-state index in [4.69, 9.17) is 10.5 Å². The lowest BCUT2D eigenvalue weighted by atomic mass is 10.1. The third-order valence-corrected chi connectivity index (χ3v) is 2.70. The van der Waals surface area contributed by atoms with Crippen LogP contribution < -0.4 is 15.2 Å². The summed E-state index contributed by atoms with van der Waals surface area (Å²) in [7, 11) is 1.50. The van der Waals surface area contributed by atoms with Crippen LogP contribution in [0.15, 0.2) is 42.5 Å². The number of benzene rings is 2. The molecule has 0 spiro atoms. The summed E-state index contributed by atoms with van der Waals surface area (Å²) in [6, 6.07) is 10.5. The molecule has 0 aromatic heterocycles. The topological polar surface area (TPSA) is 44.5 Å². The molecule has 114 valence electrons. The van der Waals surface area contributed by atoms with Gasteiger partial charge in [-0.3, -0.25) is 0 Å². The molecular formula is C16H12F3NO2. The first-order chi connectivity index (χ1) is 10.4. The fraction of sp³-hybridized carbons (Fsp3) is 0.125. The summed E-state index contributed by atoms with van der Waals surface area (Å²) in [5.41, 5.74) is 6.79. The van der Waals surface area contributed by atoms with Crippen LogP contribution >= 0.6 is 0 Å². The Morgan fingerprint density at radius 2 is 1.68 bits per heavy atom. The zero-order valence-electron chi connectivity index (χ0n) is 11.6. The number of alkyl halides is 3. The average Bonchev–Trinajstić information content (AvgIpc) is 2.45. The zero-order chi connectivity index (χ0) is 16.2. The van der Waals surface area contributed by atoms with E-state index in [1.807, 2.05) is 0 Å². The highest BCUT2D eigenvalue weighted by atomic mass is 19.4. The number of rotatable bonds is 2. The van der Waals surface area contributed by atoms with Crippen molar-refractivity contribution in [3.05, 3.63) is 53.6 Å². The Labute approximate surface area is 125 Å². The van der Waals surface area contributed by atoms with Crippen LogP contribution in [-0.2, 0) is 0 Å². The van der Waals surface area contributed by atoms with Gasteiger partial charge in [0.1, 0.15) is 11.5 Å². The van der Waals surface area contributed by atoms with Crippen LogP contribution in [0.3, 0.4) is 0 Å². The molecule has 0 fully saturated rings. The smallest absolute Gasteiger partial charge is 0.497 e. The first kappa shape index (κ1) is 15.6. The molecule has 0 aliphatic heterocycles. The van der Waals surface area contributed by atoms with E-state index in [0.717, 1.165) is 0 Å². The number of para-hydroxylation sites is 1. The summed E-state index contributed by atoms with van der Waals surface area (Å²) in [6.45, 7) is 0. The van der Waals surface area contributed by atoms with Gasteiger partial charge < -0.3 is 15.2 Å². The van der Waals surface area contributed by atoms with Crippen molar-refractivity contribution in [1.29, 1.82) is 0 Å². The van der Waals surface area contributed by atoms with Gasteiger partial charge in [0.2, 0.25) is 0 Å². The van der Waals surface area contributed by atoms with Crippen molar-refractivity contribution in [2.75, 3.05) is 12.8 Å². The third-order valence-electron chi connectivity index (χ3n) is 2.70. The number of methoxy groups -OCH3 is 1. The summed E-state index contributed by atoms with van der Waals surface area (Å²) in [5, 5.41) is 0. The number of nitrogen functional groups attached to an aromatic ring is 1. The van der Waals surface area contributed by atoms with Crippen LogP contribution in [0.4, 0.5) is 18.9 Å². The lowest BCUT2D eigenvalue weighted by Gasteiger charge is -2.10. The van der Waals surface area contributed by atoms with E-state index in [2.05, 4.69) is 16.6 Å². The molecule has 0 bridgehead atoms. The second kappa shape index (κ2) is 6.31. The van der Waals surface area contributed by atoms with Crippen LogP contribution in [-0.4, -0.2) is 13.5 Å². The number of anilines is 1. The van der Waals surface area contributed by atoms with Crippen molar-refractivity contribution >= 4 is 5.69 Å². The second-order valence-corrected chi connectivity index (χ2v) is 4.25. The fourth-order valence-electron chi connectivity index (χ4n) is 1.70. The van der Waals surface area contributed by atoms with Crippen molar-refractivity contribution in [3.8, 4) is 23.3 Å². The summed E-state index contributed by atoms with van der Waals surface area (Å²) in [4.78, 5) is 0. The number of nitrogens with two attached hydrogens (primary N) is 1. The third kappa shape index (κ3) is 4.09. The van der Waals surface area contributed by atoms with Crippen LogP contribution in [0.1, 0.15) is 11.1 Å². The molecule has 2 rings (SSSR count). The standard InChI is InChI=1S/C16H12F3NO2/c1-21-13-9-8-11(14(20)10-13)6-7-12-4-2-3-5-15(12)22-16(17,18)19/h2-5,8-10H,20H2,1H3. The van der Waals surface area contributed by atoms with E-state index in [-0.39, 0.29) is 11.3 Å². The van der Waals surface area contributed by atoms with E-state index in [9.17, 15) is 13.2 Å². The van der Waals surface area contributed by atoms with Gasteiger partial charge in [-0.05, 0) is 24.3 Å². The highest BCUT2D eigenvalue weighted by Crippen LogP contribution is 2.26. The minimum atomic E-state index is -4.77. The monoisotopic (exact) mass is 307 g/mol. The number of hydrogen-bond donors (Lipinski definition) is 1. The van der Waals surface area contributed by atoms with Crippen molar-refractivity contribution in [2.45, 2.75) is 6.36 Å². The molecular weight excluding hydrogens is 295 g/mol. The Bertz CT molecular complexity index is 730. The lowest BCUT2D eigenvalue weighted by molar-refractivity contribution is -0.274. The van der Waals surface area contributed by atoms with Crippen LogP contribution in [0.2, 0.25) is 0 Å². The molecule has 6 heteroatoms. The Morgan fingerprint density at radius 1 is 1.00 bits per heavy atom. The Balaban J connectivity index is 2.33. The molecule has 0 unspecified atom stereocenters.